The van der Waals surface area contributed by atoms with E-state index in [0.717, 1.165) is 12.0 Å². The molecule has 170 valence electrons. The zero-order chi connectivity index (χ0) is 23.6. The van der Waals surface area contributed by atoms with E-state index in [9.17, 15) is 20.1 Å². The van der Waals surface area contributed by atoms with Crippen molar-refractivity contribution in [2.75, 3.05) is 7.11 Å². The van der Waals surface area contributed by atoms with Gasteiger partial charge in [0.25, 0.3) is 0 Å². The average Bonchev–Trinajstić information content (AvgIpc) is 2.71. The summed E-state index contributed by atoms with van der Waals surface area (Å²) < 4.78 is 11.6. The third-order valence-electron chi connectivity index (χ3n) is 5.77. The maximum atomic E-state index is 13.0. The molecule has 2 unspecified atom stereocenters. The molecule has 0 saturated heterocycles. The highest BCUT2D eigenvalue weighted by Gasteiger charge is 2.35. The number of hydrogen-bond donors (Lipinski definition) is 3. The van der Waals surface area contributed by atoms with Crippen molar-refractivity contribution in [1.82, 2.24) is 0 Å². The van der Waals surface area contributed by atoms with Gasteiger partial charge in [0, 0.05) is 23.3 Å². The first kappa shape index (κ1) is 23.3. The summed E-state index contributed by atoms with van der Waals surface area (Å²) in [5.41, 5.74) is 3.26. The van der Waals surface area contributed by atoms with Gasteiger partial charge in [-0.3, -0.25) is 4.79 Å². The van der Waals surface area contributed by atoms with Gasteiger partial charge in [-0.05, 0) is 51.7 Å². The van der Waals surface area contributed by atoms with Crippen LogP contribution in [-0.2, 0) is 6.42 Å². The van der Waals surface area contributed by atoms with Crippen LogP contribution in [0.2, 0.25) is 0 Å². The second-order valence-electron chi connectivity index (χ2n) is 8.52. The number of carbonyl (C=O) groups excluding carboxylic acids is 1. The number of ketones is 1. The fourth-order valence-corrected chi connectivity index (χ4v) is 3.95. The maximum absolute atomic E-state index is 13.0. The quantitative estimate of drug-likeness (QED) is 0.486. The number of fused-ring (bicyclic) bond motifs is 1. The van der Waals surface area contributed by atoms with Gasteiger partial charge in [0.05, 0.1) is 13.5 Å². The van der Waals surface area contributed by atoms with Gasteiger partial charge in [0.15, 0.2) is 5.78 Å². The molecular weight excluding hydrogens is 408 g/mol. The lowest BCUT2D eigenvalue weighted by molar-refractivity contribution is 0.0838. The Morgan fingerprint density at radius 3 is 2.56 bits per heavy atom. The lowest BCUT2D eigenvalue weighted by atomic mass is 9.86. The molecular formula is C26H30O6. The molecule has 0 saturated carbocycles. The number of benzene rings is 2. The summed E-state index contributed by atoms with van der Waals surface area (Å²) in [6, 6.07) is 5.80. The second-order valence-corrected chi connectivity index (χ2v) is 8.52. The number of phenolic OH excluding ortho intramolecular Hbond substituents is 3. The van der Waals surface area contributed by atoms with Crippen molar-refractivity contribution >= 4 is 5.78 Å². The molecule has 6 nitrogen and oxygen atoms in total. The van der Waals surface area contributed by atoms with Gasteiger partial charge in [0.1, 0.15) is 40.4 Å². The zero-order valence-corrected chi connectivity index (χ0v) is 18.9. The van der Waals surface area contributed by atoms with Crippen molar-refractivity contribution in [1.29, 1.82) is 0 Å². The van der Waals surface area contributed by atoms with Crippen LogP contribution < -0.4 is 9.47 Å². The van der Waals surface area contributed by atoms with Crippen molar-refractivity contribution in [2.45, 2.75) is 46.1 Å². The molecule has 0 fully saturated rings. The Hall–Kier alpha value is -3.41. The van der Waals surface area contributed by atoms with Crippen LogP contribution in [0.5, 0.6) is 28.7 Å². The SMILES string of the molecule is C=C(C)C(CC=C(C)C)Cc1c(O)cc(O)c2c1OC(c1ccc(O)cc1OC)CC2=O. The third kappa shape index (κ3) is 4.74. The fraction of sp³-hybridized carbons (Fsp3) is 0.346. The van der Waals surface area contributed by atoms with Crippen LogP contribution in [0.25, 0.3) is 0 Å². The van der Waals surface area contributed by atoms with E-state index in [1.807, 2.05) is 20.8 Å². The number of carbonyl (C=O) groups is 1. The van der Waals surface area contributed by atoms with Crippen molar-refractivity contribution in [3.05, 3.63) is 64.8 Å². The number of methoxy groups -OCH3 is 1. The Kier molecular flexibility index (Phi) is 6.82. The van der Waals surface area contributed by atoms with E-state index in [-0.39, 0.29) is 46.7 Å². The standard InChI is InChI=1S/C26H30O6/c1-14(2)6-7-16(15(3)4)10-19-20(28)12-21(29)25-22(30)13-24(32-26(19)25)18-9-8-17(27)11-23(18)31-5/h6,8-9,11-12,16,24,27-29H,3,7,10,13H2,1-2,4-5H3. The van der Waals surface area contributed by atoms with Crippen LogP contribution in [0.15, 0.2) is 48.1 Å². The summed E-state index contributed by atoms with van der Waals surface area (Å²) in [6.45, 7) is 10.1. The molecule has 0 amide bonds. The summed E-state index contributed by atoms with van der Waals surface area (Å²) in [5.74, 6) is -0.0991. The molecule has 0 aliphatic carbocycles. The lowest BCUT2D eigenvalue weighted by Crippen LogP contribution is -2.23. The Bertz CT molecular complexity index is 1080. The highest BCUT2D eigenvalue weighted by atomic mass is 16.5. The van der Waals surface area contributed by atoms with Gasteiger partial charge in [-0.2, -0.15) is 0 Å². The number of rotatable bonds is 7. The van der Waals surface area contributed by atoms with E-state index in [2.05, 4.69) is 12.7 Å². The molecule has 3 rings (SSSR count). The molecule has 2 aromatic carbocycles. The molecule has 1 aliphatic rings. The Balaban J connectivity index is 2.07. The molecule has 3 N–H and O–H groups in total. The largest absolute Gasteiger partial charge is 0.508 e. The molecule has 32 heavy (non-hydrogen) atoms. The van der Waals surface area contributed by atoms with E-state index < -0.39 is 6.10 Å². The molecule has 2 atom stereocenters. The minimum atomic E-state index is -0.688. The van der Waals surface area contributed by atoms with E-state index in [4.69, 9.17) is 9.47 Å². The summed E-state index contributed by atoms with van der Waals surface area (Å²) in [5, 5.41) is 30.8. The number of allylic oxidation sites excluding steroid dienone is 3. The number of Topliss-reactive ketones (excluding diaryl/α,β-unsaturated/α-hetero) is 1. The van der Waals surface area contributed by atoms with Crippen LogP contribution in [0.4, 0.5) is 0 Å². The molecule has 0 aromatic heterocycles. The predicted octanol–water partition coefficient (Wildman–Crippen LogP) is 5.61. The number of phenols is 3. The van der Waals surface area contributed by atoms with Crippen LogP contribution in [0, 0.1) is 5.92 Å². The molecule has 6 heteroatoms. The molecule has 0 radical (unpaired) electrons. The Morgan fingerprint density at radius 1 is 1.22 bits per heavy atom. The van der Waals surface area contributed by atoms with E-state index >= 15 is 0 Å². The van der Waals surface area contributed by atoms with E-state index in [1.165, 1.54) is 30.9 Å². The molecule has 0 spiro atoms. The normalized spacial score (nSPS) is 16.0. The predicted molar refractivity (Wildman–Crippen MR) is 123 cm³/mol. The van der Waals surface area contributed by atoms with Gasteiger partial charge in [-0.1, -0.05) is 23.8 Å². The van der Waals surface area contributed by atoms with Crippen LogP contribution in [-0.4, -0.2) is 28.2 Å². The van der Waals surface area contributed by atoms with Gasteiger partial charge in [-0.15, -0.1) is 0 Å². The molecule has 0 bridgehead atoms. The van der Waals surface area contributed by atoms with Gasteiger partial charge < -0.3 is 24.8 Å². The summed E-state index contributed by atoms with van der Waals surface area (Å²) >= 11 is 0. The van der Waals surface area contributed by atoms with E-state index in [0.29, 0.717) is 23.3 Å². The molecule has 2 aromatic rings. The van der Waals surface area contributed by atoms with Gasteiger partial charge in [-0.25, -0.2) is 0 Å². The first-order valence-corrected chi connectivity index (χ1v) is 10.6. The van der Waals surface area contributed by atoms with Crippen molar-refractivity contribution in [3.8, 4) is 28.7 Å². The monoisotopic (exact) mass is 438 g/mol. The average molecular weight is 439 g/mol. The Labute approximate surface area is 188 Å². The van der Waals surface area contributed by atoms with Gasteiger partial charge in [0.2, 0.25) is 0 Å². The van der Waals surface area contributed by atoms with Crippen molar-refractivity contribution in [2.24, 2.45) is 5.92 Å². The third-order valence-corrected chi connectivity index (χ3v) is 5.77. The first-order chi connectivity index (χ1) is 15.1. The van der Waals surface area contributed by atoms with E-state index in [1.54, 1.807) is 6.07 Å². The van der Waals surface area contributed by atoms with Crippen molar-refractivity contribution < 1.29 is 29.6 Å². The van der Waals surface area contributed by atoms with Crippen LogP contribution in [0.1, 0.15) is 61.2 Å². The topological polar surface area (TPSA) is 96.2 Å². The number of aromatic hydroxyl groups is 3. The van der Waals surface area contributed by atoms with Gasteiger partial charge >= 0.3 is 0 Å². The fourth-order valence-electron chi connectivity index (χ4n) is 3.95. The summed E-state index contributed by atoms with van der Waals surface area (Å²) in [6.07, 6.45) is 2.55. The van der Waals surface area contributed by atoms with Crippen LogP contribution in [0.3, 0.4) is 0 Å². The lowest BCUT2D eigenvalue weighted by Gasteiger charge is -2.30. The first-order valence-electron chi connectivity index (χ1n) is 10.6. The number of ether oxygens (including phenoxy) is 2. The summed E-state index contributed by atoms with van der Waals surface area (Å²) in [7, 11) is 1.47. The minimum absolute atomic E-state index is 0.00636. The molecule has 1 heterocycles. The molecule has 1 aliphatic heterocycles. The van der Waals surface area contributed by atoms with Crippen molar-refractivity contribution in [3.63, 3.8) is 0 Å². The highest BCUT2D eigenvalue weighted by molar-refractivity contribution is 6.03. The maximum Gasteiger partial charge on any atom is 0.174 e. The van der Waals surface area contributed by atoms with Crippen LogP contribution >= 0.6 is 0 Å². The number of hydrogen-bond acceptors (Lipinski definition) is 6. The summed E-state index contributed by atoms with van der Waals surface area (Å²) in [4.78, 5) is 13.0. The Morgan fingerprint density at radius 2 is 1.94 bits per heavy atom. The smallest absolute Gasteiger partial charge is 0.174 e. The zero-order valence-electron chi connectivity index (χ0n) is 18.9. The minimum Gasteiger partial charge on any atom is -0.508 e. The highest BCUT2D eigenvalue weighted by Crippen LogP contribution is 2.47. The second kappa shape index (κ2) is 9.39.